The average Bonchev–Trinajstić information content (AvgIpc) is 3.21. The van der Waals surface area contributed by atoms with E-state index in [2.05, 4.69) is 4.57 Å². The smallest absolute Gasteiger partial charge is 0.249 e. The van der Waals surface area contributed by atoms with E-state index < -0.39 is 30.1 Å². The van der Waals surface area contributed by atoms with Gasteiger partial charge in [-0.3, -0.25) is 4.79 Å². The van der Waals surface area contributed by atoms with Gasteiger partial charge in [0.05, 0.1) is 17.8 Å². The predicted molar refractivity (Wildman–Crippen MR) is 129 cm³/mol. The number of aliphatic hydroxyl groups excluding tert-OH is 2. The molecule has 1 aromatic heterocycles. The molecule has 0 bridgehead atoms. The fourth-order valence-electron chi connectivity index (χ4n) is 4.04. The summed E-state index contributed by atoms with van der Waals surface area (Å²) in [6.07, 6.45) is 1.09. The Morgan fingerprint density at radius 2 is 1.70 bits per heavy atom. The third kappa shape index (κ3) is 6.07. The molecule has 1 amide bonds. The van der Waals surface area contributed by atoms with Crippen molar-refractivity contribution in [2.45, 2.75) is 39.5 Å². The molecule has 1 heterocycles. The molecule has 0 aliphatic carbocycles. The number of hydrogen-bond donors (Lipinski definition) is 3. The third-order valence-electron chi connectivity index (χ3n) is 5.58. The van der Waals surface area contributed by atoms with Crippen molar-refractivity contribution in [3.63, 3.8) is 0 Å². The molecule has 7 heteroatoms. The van der Waals surface area contributed by atoms with E-state index >= 15 is 0 Å². The van der Waals surface area contributed by atoms with Gasteiger partial charge in [0.2, 0.25) is 5.91 Å². The van der Waals surface area contributed by atoms with Crippen LogP contribution in [0.5, 0.6) is 0 Å². The maximum absolute atomic E-state index is 12.9. The van der Waals surface area contributed by atoms with Gasteiger partial charge in [0.1, 0.15) is 12.4 Å². The first-order chi connectivity index (χ1) is 15.7. The normalized spacial score (nSPS) is 13.5. The minimum atomic E-state index is -0.906. The molecule has 0 radical (unpaired) electrons. The van der Waals surface area contributed by atoms with Crippen LogP contribution in [0.2, 0.25) is 0 Å². The second-order valence-corrected chi connectivity index (χ2v) is 9.33. The lowest BCUT2D eigenvalue weighted by Crippen LogP contribution is -2.48. The number of nitrogens with two attached hydrogens (primary N) is 1. The number of rotatable bonds is 9. The molecule has 2 unspecified atom stereocenters. The third-order valence-corrected chi connectivity index (χ3v) is 5.58. The molecule has 3 rings (SSSR count). The fraction of sp³-hybridized carbons (Fsp3) is 0.385. The van der Waals surface area contributed by atoms with Crippen molar-refractivity contribution in [2.75, 3.05) is 19.7 Å². The lowest BCUT2D eigenvalue weighted by Gasteiger charge is -2.40. The minimum Gasteiger partial charge on any atom is -0.390 e. The van der Waals surface area contributed by atoms with E-state index in [0.717, 1.165) is 16.8 Å². The number of benzene rings is 2. The number of amides is 1. The van der Waals surface area contributed by atoms with E-state index in [1.165, 1.54) is 4.90 Å². The van der Waals surface area contributed by atoms with Gasteiger partial charge in [0.15, 0.2) is 0 Å². The van der Waals surface area contributed by atoms with Gasteiger partial charge in [0.25, 0.3) is 0 Å². The number of imidazole rings is 1. The van der Waals surface area contributed by atoms with E-state index in [9.17, 15) is 15.0 Å². The molecular weight excluding hydrogens is 416 g/mol. The summed E-state index contributed by atoms with van der Waals surface area (Å²) in [4.78, 5) is 19.4. The molecule has 0 spiro atoms. The maximum atomic E-state index is 12.9. The monoisotopic (exact) mass is 450 g/mol. The zero-order chi connectivity index (χ0) is 24.0. The highest BCUT2D eigenvalue weighted by atomic mass is 16.3. The largest absolute Gasteiger partial charge is 0.390 e. The number of nitrogens with zero attached hydrogens (tertiary/aromatic N) is 3. The first-order valence-electron chi connectivity index (χ1n) is 11.2. The molecule has 0 aliphatic rings. The van der Waals surface area contributed by atoms with Crippen molar-refractivity contribution in [1.82, 2.24) is 14.5 Å². The summed E-state index contributed by atoms with van der Waals surface area (Å²) in [7, 11) is 0. The van der Waals surface area contributed by atoms with E-state index in [-0.39, 0.29) is 13.1 Å². The van der Waals surface area contributed by atoms with Gasteiger partial charge in [-0.15, -0.1) is 0 Å². The molecule has 2 aromatic carbocycles. The Hall–Kier alpha value is -3.00. The van der Waals surface area contributed by atoms with Crippen LogP contribution in [0, 0.1) is 5.41 Å². The van der Waals surface area contributed by atoms with Crippen LogP contribution in [0.3, 0.4) is 0 Å². The Balaban J connectivity index is 2.16. The van der Waals surface area contributed by atoms with Gasteiger partial charge in [0, 0.05) is 31.4 Å². The van der Waals surface area contributed by atoms with Crippen molar-refractivity contribution in [1.29, 1.82) is 0 Å². The van der Waals surface area contributed by atoms with Crippen molar-refractivity contribution in [2.24, 2.45) is 11.1 Å². The van der Waals surface area contributed by atoms with Gasteiger partial charge >= 0.3 is 0 Å². The van der Waals surface area contributed by atoms with Crippen LogP contribution in [0.4, 0.5) is 0 Å². The Bertz CT molecular complexity index is 1030. The average molecular weight is 451 g/mol. The summed E-state index contributed by atoms with van der Waals surface area (Å²) in [5.41, 5.74) is 8.09. The standard InChI is InChI=1S/C26H34N4O3/c1-26(2,3)24(30(23(33)18-31)16-21(32)14-27)25-28-22(20-12-8-5-9-13-20)17-29(25)15-19-10-6-4-7-11-19/h4-13,17,21,24,31-32H,14-16,18,27H2,1-3H3. The summed E-state index contributed by atoms with van der Waals surface area (Å²) in [5.74, 6) is 0.217. The molecule has 0 aliphatic heterocycles. The minimum absolute atomic E-state index is 0.0106. The van der Waals surface area contributed by atoms with E-state index in [1.807, 2.05) is 87.6 Å². The fourth-order valence-corrected chi connectivity index (χ4v) is 4.04. The van der Waals surface area contributed by atoms with Crippen LogP contribution in [0.25, 0.3) is 11.3 Å². The van der Waals surface area contributed by atoms with Crippen molar-refractivity contribution in [3.8, 4) is 11.3 Å². The molecule has 0 saturated carbocycles. The van der Waals surface area contributed by atoms with Gasteiger partial charge in [-0.25, -0.2) is 4.98 Å². The lowest BCUT2D eigenvalue weighted by molar-refractivity contribution is -0.141. The zero-order valence-corrected chi connectivity index (χ0v) is 19.6. The van der Waals surface area contributed by atoms with Gasteiger partial charge in [-0.1, -0.05) is 81.4 Å². The molecule has 176 valence electrons. The molecule has 4 N–H and O–H groups in total. The van der Waals surface area contributed by atoms with Crippen LogP contribution in [-0.2, 0) is 11.3 Å². The van der Waals surface area contributed by atoms with Crippen LogP contribution in [-0.4, -0.2) is 56.4 Å². The van der Waals surface area contributed by atoms with E-state index in [1.54, 1.807) is 0 Å². The quantitative estimate of drug-likeness (QED) is 0.465. The molecular formula is C26H34N4O3. The van der Waals surface area contributed by atoms with Gasteiger partial charge in [-0.05, 0) is 11.0 Å². The summed E-state index contributed by atoms with van der Waals surface area (Å²) >= 11 is 0. The highest BCUT2D eigenvalue weighted by Gasteiger charge is 2.38. The van der Waals surface area contributed by atoms with E-state index in [0.29, 0.717) is 12.4 Å². The predicted octanol–water partition coefficient (Wildman–Crippen LogP) is 2.83. The molecule has 0 saturated heterocycles. The number of aromatic nitrogens is 2. The van der Waals surface area contributed by atoms with Crippen LogP contribution >= 0.6 is 0 Å². The van der Waals surface area contributed by atoms with Crippen LogP contribution in [0.1, 0.15) is 38.2 Å². The summed E-state index contributed by atoms with van der Waals surface area (Å²) < 4.78 is 2.06. The van der Waals surface area contributed by atoms with Crippen LogP contribution in [0.15, 0.2) is 66.9 Å². The molecule has 2 atom stereocenters. The number of hydrogen-bond acceptors (Lipinski definition) is 5. The Kier molecular flexibility index (Phi) is 8.02. The van der Waals surface area contributed by atoms with E-state index in [4.69, 9.17) is 10.7 Å². The summed E-state index contributed by atoms with van der Waals surface area (Å²) in [6, 6.07) is 19.4. The van der Waals surface area contributed by atoms with Crippen molar-refractivity contribution >= 4 is 5.91 Å². The highest BCUT2D eigenvalue weighted by molar-refractivity contribution is 5.77. The van der Waals surface area contributed by atoms with Crippen molar-refractivity contribution < 1.29 is 15.0 Å². The molecule has 7 nitrogen and oxygen atoms in total. The van der Waals surface area contributed by atoms with Crippen LogP contribution < -0.4 is 5.73 Å². The first-order valence-corrected chi connectivity index (χ1v) is 11.2. The SMILES string of the molecule is CC(C)(C)C(c1nc(-c2ccccc2)cn1Cc1ccccc1)N(CC(O)CN)C(=O)CO. The number of aliphatic hydroxyl groups is 2. The number of carbonyl (C=O) groups excluding carboxylic acids is 1. The van der Waals surface area contributed by atoms with Gasteiger partial charge < -0.3 is 25.4 Å². The summed E-state index contributed by atoms with van der Waals surface area (Å²) in [6.45, 7) is 6.00. The Morgan fingerprint density at radius 1 is 1.09 bits per heavy atom. The topological polar surface area (TPSA) is 105 Å². The van der Waals surface area contributed by atoms with Gasteiger partial charge in [-0.2, -0.15) is 0 Å². The lowest BCUT2D eigenvalue weighted by atomic mass is 9.84. The molecule has 33 heavy (non-hydrogen) atoms. The number of carbonyl (C=O) groups is 1. The maximum Gasteiger partial charge on any atom is 0.249 e. The first kappa shape index (κ1) is 24.6. The second kappa shape index (κ2) is 10.7. The highest BCUT2D eigenvalue weighted by Crippen LogP contribution is 2.39. The Morgan fingerprint density at radius 3 is 2.24 bits per heavy atom. The molecule has 3 aromatic rings. The molecule has 0 fully saturated rings. The Labute approximate surface area is 195 Å². The summed E-state index contributed by atoms with van der Waals surface area (Å²) in [5, 5.41) is 20.0. The second-order valence-electron chi connectivity index (χ2n) is 9.33. The zero-order valence-electron chi connectivity index (χ0n) is 19.6. The van der Waals surface area contributed by atoms with Crippen molar-refractivity contribution in [3.05, 3.63) is 78.2 Å².